The molecule has 6 heteroatoms. The molecule has 0 radical (unpaired) electrons. The summed E-state index contributed by atoms with van der Waals surface area (Å²) in [6, 6.07) is 6.16. The first kappa shape index (κ1) is 14.2. The molecular weight excluding hydrogens is 271 g/mol. The summed E-state index contributed by atoms with van der Waals surface area (Å²) in [6.07, 6.45) is -0.798. The molecule has 66 valence electrons. The molecule has 0 aliphatic carbocycles. The van der Waals surface area contributed by atoms with Gasteiger partial charge < -0.3 is 12.9 Å². The van der Waals surface area contributed by atoms with Crippen LogP contribution in [-0.2, 0) is 6.32 Å². The zero-order valence-electron chi connectivity index (χ0n) is 7.11. The summed E-state index contributed by atoms with van der Waals surface area (Å²) in [5.74, 6) is 0. The Morgan fingerprint density at radius 1 is 1.08 bits per heavy atom. The smallest absolute Gasteiger partial charge is 0.449 e. The molecule has 0 atom stereocenters. The van der Waals surface area contributed by atoms with Gasteiger partial charge >= 0.3 is 58.4 Å². The Kier molecular flexibility index (Phi) is 6.47. The second-order valence-corrected chi connectivity index (χ2v) is 3.46. The molecule has 0 aromatic heterocycles. The van der Waals surface area contributed by atoms with Gasteiger partial charge in [0.15, 0.2) is 0 Å². The van der Waals surface area contributed by atoms with Crippen LogP contribution in [0.2, 0.25) is 0 Å². The first-order valence-electron chi connectivity index (χ1n) is 3.43. The van der Waals surface area contributed by atoms with Gasteiger partial charge in [-0.1, -0.05) is 39.9 Å². The summed E-state index contributed by atoms with van der Waals surface area (Å²) < 4.78 is 36.5. The summed E-state index contributed by atoms with van der Waals surface area (Å²) in [6.45, 7) is -4.71. The molecule has 1 aromatic rings. The van der Waals surface area contributed by atoms with E-state index in [1.54, 1.807) is 12.1 Å². The van der Waals surface area contributed by atoms with Gasteiger partial charge in [0.2, 0.25) is 0 Å². The first-order valence-corrected chi connectivity index (χ1v) is 4.22. The predicted octanol–water partition coefficient (Wildman–Crippen LogP) is 0.382. The van der Waals surface area contributed by atoms with Crippen molar-refractivity contribution in [3.05, 3.63) is 34.3 Å². The van der Waals surface area contributed by atoms with Gasteiger partial charge in [0, 0.05) is 4.47 Å². The van der Waals surface area contributed by atoms with Crippen LogP contribution in [0.5, 0.6) is 0 Å². The molecule has 0 aliphatic heterocycles. The fraction of sp³-hybridized carbons (Fsp3) is 0.143. The SMILES string of the molecule is F[B-](F)(F)Cc1ccc(Br)cc1.[K+]. The van der Waals surface area contributed by atoms with Crippen molar-refractivity contribution in [2.75, 3.05) is 0 Å². The number of benzene rings is 1. The Morgan fingerprint density at radius 2 is 1.54 bits per heavy atom. The average molecular weight is 277 g/mol. The topological polar surface area (TPSA) is 0 Å². The monoisotopic (exact) mass is 276 g/mol. The summed E-state index contributed by atoms with van der Waals surface area (Å²) in [4.78, 5) is 0. The van der Waals surface area contributed by atoms with Gasteiger partial charge in [-0.15, -0.1) is 0 Å². The fourth-order valence-electron chi connectivity index (χ4n) is 0.888. The number of hydrogen-bond donors (Lipinski definition) is 0. The minimum Gasteiger partial charge on any atom is -0.449 e. The predicted molar refractivity (Wildman–Crippen MR) is 46.9 cm³/mol. The molecule has 0 saturated carbocycles. The Balaban J connectivity index is 0.00000144. The van der Waals surface area contributed by atoms with Crippen molar-refractivity contribution >= 4 is 22.9 Å². The van der Waals surface area contributed by atoms with E-state index in [2.05, 4.69) is 15.9 Å². The van der Waals surface area contributed by atoms with Crippen LogP contribution in [0.15, 0.2) is 28.7 Å². The minimum atomic E-state index is -4.71. The van der Waals surface area contributed by atoms with E-state index in [4.69, 9.17) is 0 Å². The molecule has 0 N–H and O–H groups in total. The second kappa shape index (κ2) is 5.92. The normalized spacial score (nSPS) is 10.8. The van der Waals surface area contributed by atoms with Gasteiger partial charge in [-0.2, -0.15) is 0 Å². The van der Waals surface area contributed by atoms with Crippen LogP contribution in [0.3, 0.4) is 0 Å². The zero-order chi connectivity index (χ0) is 9.19. The summed E-state index contributed by atoms with van der Waals surface area (Å²) >= 11 is 3.15. The summed E-state index contributed by atoms with van der Waals surface area (Å²) in [7, 11) is 0. The van der Waals surface area contributed by atoms with E-state index >= 15 is 0 Å². The summed E-state index contributed by atoms with van der Waals surface area (Å²) in [5, 5.41) is 0. The van der Waals surface area contributed by atoms with Gasteiger partial charge in [-0.3, -0.25) is 0 Å². The van der Waals surface area contributed by atoms with Crippen LogP contribution >= 0.6 is 15.9 Å². The molecule has 0 heterocycles. The van der Waals surface area contributed by atoms with Crippen molar-refractivity contribution in [3.63, 3.8) is 0 Å². The van der Waals surface area contributed by atoms with Crippen LogP contribution in [0, 0.1) is 0 Å². The number of hydrogen-bond acceptors (Lipinski definition) is 0. The van der Waals surface area contributed by atoms with Crippen molar-refractivity contribution in [1.82, 2.24) is 0 Å². The maximum atomic E-state index is 11.9. The number of halogens is 4. The quantitative estimate of drug-likeness (QED) is 0.686. The Bertz CT molecular complexity index is 259. The van der Waals surface area contributed by atoms with Crippen LogP contribution in [-0.4, -0.2) is 6.98 Å². The van der Waals surface area contributed by atoms with E-state index in [9.17, 15) is 12.9 Å². The van der Waals surface area contributed by atoms with E-state index in [0.717, 1.165) is 4.47 Å². The van der Waals surface area contributed by atoms with Crippen molar-refractivity contribution in [1.29, 1.82) is 0 Å². The molecule has 0 nitrogen and oxygen atoms in total. The number of rotatable bonds is 2. The molecular formula is C7H6BBrF3K. The maximum Gasteiger partial charge on any atom is 1.00 e. The van der Waals surface area contributed by atoms with Gasteiger partial charge in [0.05, 0.1) is 0 Å². The molecule has 0 spiro atoms. The van der Waals surface area contributed by atoms with Crippen LogP contribution < -0.4 is 51.4 Å². The Hall–Kier alpha value is 1.19. The zero-order valence-corrected chi connectivity index (χ0v) is 11.8. The third kappa shape index (κ3) is 6.30. The standard InChI is InChI=1S/C7H6BBrF3.K/c9-7-3-1-6(2-4-7)5-8(10,11)12;/h1-4H,5H2;/q-1;+1. The van der Waals surface area contributed by atoms with Crippen molar-refractivity contribution < 1.29 is 64.3 Å². The molecule has 0 saturated heterocycles. The molecule has 13 heavy (non-hydrogen) atoms. The van der Waals surface area contributed by atoms with E-state index in [-0.39, 0.29) is 51.4 Å². The van der Waals surface area contributed by atoms with E-state index < -0.39 is 13.3 Å². The van der Waals surface area contributed by atoms with Gasteiger partial charge in [-0.25, -0.2) is 0 Å². The van der Waals surface area contributed by atoms with Gasteiger partial charge in [0.1, 0.15) is 0 Å². The van der Waals surface area contributed by atoms with Crippen LogP contribution in [0.4, 0.5) is 12.9 Å². The van der Waals surface area contributed by atoms with Crippen molar-refractivity contribution in [2.45, 2.75) is 6.32 Å². The van der Waals surface area contributed by atoms with E-state index in [0.29, 0.717) is 5.56 Å². The fourth-order valence-corrected chi connectivity index (χ4v) is 1.15. The third-order valence-corrected chi connectivity index (χ3v) is 1.91. The molecule has 1 aromatic carbocycles. The maximum absolute atomic E-state index is 11.9. The molecule has 0 fully saturated rings. The Labute approximate surface area is 126 Å². The van der Waals surface area contributed by atoms with Gasteiger partial charge in [-0.05, 0) is 12.1 Å². The summed E-state index contributed by atoms with van der Waals surface area (Å²) in [5.41, 5.74) is 0.311. The molecule has 1 rings (SSSR count). The molecule has 0 unspecified atom stereocenters. The van der Waals surface area contributed by atoms with Crippen molar-refractivity contribution in [3.8, 4) is 0 Å². The largest absolute Gasteiger partial charge is 1.00 e. The Morgan fingerprint density at radius 3 is 1.92 bits per heavy atom. The minimum absolute atomic E-state index is 0. The third-order valence-electron chi connectivity index (χ3n) is 1.38. The van der Waals surface area contributed by atoms with Crippen molar-refractivity contribution in [2.24, 2.45) is 0 Å². The second-order valence-electron chi connectivity index (χ2n) is 2.54. The molecule has 0 aliphatic rings. The van der Waals surface area contributed by atoms with Crippen LogP contribution in [0.1, 0.15) is 5.56 Å². The van der Waals surface area contributed by atoms with Crippen LogP contribution in [0.25, 0.3) is 0 Å². The van der Waals surface area contributed by atoms with E-state index in [1.807, 2.05) is 0 Å². The first-order chi connectivity index (χ1) is 5.47. The van der Waals surface area contributed by atoms with E-state index in [1.165, 1.54) is 12.1 Å². The van der Waals surface area contributed by atoms with Gasteiger partial charge in [0.25, 0.3) is 0 Å². The molecule has 0 amide bonds. The molecule has 0 bridgehead atoms. The average Bonchev–Trinajstić information content (AvgIpc) is 1.91.